The monoisotopic (exact) mass is 839 g/mol. The van der Waals surface area contributed by atoms with Crippen molar-refractivity contribution in [2.75, 3.05) is 19.6 Å². The van der Waals surface area contributed by atoms with E-state index >= 15 is 0 Å². The molecule has 0 saturated carbocycles. The average molecular weight is 840 g/mol. The molecule has 0 bridgehead atoms. The van der Waals surface area contributed by atoms with Gasteiger partial charge in [-0.3, -0.25) is 43.2 Å². The van der Waals surface area contributed by atoms with Gasteiger partial charge in [-0.1, -0.05) is 34.1 Å². The molecule has 0 aromatic rings. The van der Waals surface area contributed by atoms with Gasteiger partial charge in [-0.05, 0) is 70.3 Å². The zero-order chi connectivity index (χ0) is 45.0. The molecule has 1 heterocycles. The minimum Gasteiger partial charge on any atom is -0.480 e. The van der Waals surface area contributed by atoms with Gasteiger partial charge in [0.2, 0.25) is 53.2 Å². The smallest absolute Gasteiger partial charge is 0.326 e. The number of carbonyl (C=O) groups excluding carboxylic acids is 9. The lowest BCUT2D eigenvalue weighted by Gasteiger charge is -2.30. The second kappa shape index (κ2) is 25.9. The van der Waals surface area contributed by atoms with E-state index < -0.39 is 121 Å². The molecule has 1 aliphatic rings. The number of carbonyl (C=O) groups is 10. The topological polar surface area (TPSA) is 370 Å². The maximum atomic E-state index is 13.7. The van der Waals surface area contributed by atoms with Crippen molar-refractivity contribution in [1.29, 1.82) is 0 Å². The fourth-order valence-corrected chi connectivity index (χ4v) is 6.21. The van der Waals surface area contributed by atoms with Crippen LogP contribution in [0.3, 0.4) is 0 Å². The normalized spacial score (nSPS) is 17.2. The summed E-state index contributed by atoms with van der Waals surface area (Å²) in [6.45, 7) is 8.35. The number of unbranched alkanes of at least 4 members (excludes halogenated alkanes) is 1. The highest BCUT2D eigenvalue weighted by Crippen LogP contribution is 2.21. The van der Waals surface area contributed by atoms with Crippen molar-refractivity contribution in [3.8, 4) is 0 Å². The van der Waals surface area contributed by atoms with Crippen LogP contribution < -0.4 is 54.8 Å². The fourth-order valence-electron chi connectivity index (χ4n) is 6.21. The van der Waals surface area contributed by atoms with Crippen LogP contribution in [0.1, 0.15) is 98.8 Å². The predicted molar refractivity (Wildman–Crippen MR) is 213 cm³/mol. The molecule has 0 aromatic heterocycles. The molecule has 334 valence electrons. The van der Waals surface area contributed by atoms with Crippen LogP contribution in [0.4, 0.5) is 0 Å². The third kappa shape index (κ3) is 18.4. The lowest BCUT2D eigenvalue weighted by Crippen LogP contribution is -2.59. The quantitative estimate of drug-likeness (QED) is 0.0356. The number of carboxylic acids is 1. The highest BCUT2D eigenvalue weighted by Gasteiger charge is 2.39. The van der Waals surface area contributed by atoms with E-state index in [1.807, 2.05) is 0 Å². The number of carboxylic acid groups (broad SMARTS) is 1. The van der Waals surface area contributed by atoms with Crippen molar-refractivity contribution in [1.82, 2.24) is 36.8 Å². The third-order valence-electron chi connectivity index (χ3n) is 9.72. The maximum absolute atomic E-state index is 13.7. The Morgan fingerprint density at radius 3 is 1.81 bits per heavy atom. The number of nitrogens with zero attached hydrogens (tertiary/aromatic N) is 1. The molecule has 0 spiro atoms. The summed E-state index contributed by atoms with van der Waals surface area (Å²) in [5, 5.41) is 24.4. The standard InChI is InChI=1S/C37H65N11O11/c1-6-20(4)30(36(57)48-15-9-11-26(48)37(58)59)47-29(51)18-42-32(53)22(10-7-8-14-38)43-33(54)23(12-13-27(40)49)44-35(56)25(17-28(41)50)46-34(55)24(16-19(2)3)45-31(52)21(5)39/h19-26,30H,6-18,38-39H2,1-5H3,(H2,40,49)(H2,41,50)(H,42,53)(H,43,54)(H,44,56)(H,45,52)(H,46,55)(H,47,51)(H,58,59)/t20-,21-,22-,23-,24-,25-,26-,30-/m0/s1. The molecule has 0 radical (unpaired) electrons. The number of amides is 9. The zero-order valence-corrected chi connectivity index (χ0v) is 34.7. The number of likely N-dealkylation sites (tertiary alicyclic amines) is 1. The Hall–Kier alpha value is -5.38. The van der Waals surface area contributed by atoms with Gasteiger partial charge in [0.05, 0.1) is 19.0 Å². The molecule has 0 aliphatic carbocycles. The van der Waals surface area contributed by atoms with Gasteiger partial charge in [0.25, 0.3) is 0 Å². The van der Waals surface area contributed by atoms with Crippen LogP contribution in [0.5, 0.6) is 0 Å². The van der Waals surface area contributed by atoms with E-state index in [1.165, 1.54) is 11.8 Å². The van der Waals surface area contributed by atoms with Crippen LogP contribution in [-0.4, -0.2) is 131 Å². The molecule has 0 aromatic carbocycles. The van der Waals surface area contributed by atoms with E-state index in [9.17, 15) is 53.1 Å². The summed E-state index contributed by atoms with van der Waals surface area (Å²) in [7, 11) is 0. The fraction of sp³-hybridized carbons (Fsp3) is 0.730. The van der Waals surface area contributed by atoms with Crippen LogP contribution in [0.15, 0.2) is 0 Å². The van der Waals surface area contributed by atoms with Crippen LogP contribution in [0.2, 0.25) is 0 Å². The number of primary amides is 2. The first-order valence-corrected chi connectivity index (χ1v) is 20.0. The molecule has 1 rings (SSSR count). The third-order valence-corrected chi connectivity index (χ3v) is 9.72. The van der Waals surface area contributed by atoms with Crippen molar-refractivity contribution in [3.63, 3.8) is 0 Å². The first kappa shape index (κ1) is 51.6. The zero-order valence-electron chi connectivity index (χ0n) is 34.7. The second-order valence-electron chi connectivity index (χ2n) is 15.3. The molecule has 9 amide bonds. The lowest BCUT2D eigenvalue weighted by atomic mass is 9.97. The summed E-state index contributed by atoms with van der Waals surface area (Å²) >= 11 is 0. The summed E-state index contributed by atoms with van der Waals surface area (Å²) in [5.74, 6) is -9.08. The number of rotatable bonds is 27. The first-order valence-electron chi connectivity index (χ1n) is 20.0. The summed E-state index contributed by atoms with van der Waals surface area (Å²) < 4.78 is 0. The van der Waals surface area contributed by atoms with Gasteiger partial charge in [-0.15, -0.1) is 0 Å². The number of hydrogen-bond donors (Lipinski definition) is 11. The van der Waals surface area contributed by atoms with Crippen molar-refractivity contribution in [2.24, 2.45) is 34.8 Å². The van der Waals surface area contributed by atoms with E-state index in [0.29, 0.717) is 25.7 Å². The summed E-state index contributed by atoms with van der Waals surface area (Å²) in [5.41, 5.74) is 22.0. The van der Waals surface area contributed by atoms with Crippen LogP contribution in [0.25, 0.3) is 0 Å². The van der Waals surface area contributed by atoms with Gasteiger partial charge in [0.1, 0.15) is 36.3 Å². The largest absolute Gasteiger partial charge is 0.480 e. The highest BCUT2D eigenvalue weighted by molar-refractivity contribution is 5.98. The molecule has 0 unspecified atom stereocenters. The molecular weight excluding hydrogens is 774 g/mol. The van der Waals surface area contributed by atoms with Crippen LogP contribution in [0, 0.1) is 11.8 Å². The molecule has 22 nitrogen and oxygen atoms in total. The van der Waals surface area contributed by atoms with Gasteiger partial charge in [0, 0.05) is 13.0 Å². The first-order chi connectivity index (χ1) is 27.6. The molecule has 1 saturated heterocycles. The van der Waals surface area contributed by atoms with Crippen molar-refractivity contribution < 1.29 is 53.1 Å². The van der Waals surface area contributed by atoms with Gasteiger partial charge < -0.3 is 64.8 Å². The van der Waals surface area contributed by atoms with Gasteiger partial charge >= 0.3 is 5.97 Å². The minimum absolute atomic E-state index is 0.0249. The number of nitrogens with two attached hydrogens (primary N) is 4. The molecule has 15 N–H and O–H groups in total. The molecule has 22 heteroatoms. The van der Waals surface area contributed by atoms with Crippen molar-refractivity contribution in [3.05, 3.63) is 0 Å². The summed E-state index contributed by atoms with van der Waals surface area (Å²) in [6, 6.07) is -8.68. The van der Waals surface area contributed by atoms with E-state index in [-0.39, 0.29) is 50.6 Å². The predicted octanol–water partition coefficient (Wildman–Crippen LogP) is -3.69. The number of nitrogens with one attached hydrogen (secondary N) is 6. The van der Waals surface area contributed by atoms with Gasteiger partial charge in [0.15, 0.2) is 0 Å². The van der Waals surface area contributed by atoms with E-state index in [2.05, 4.69) is 31.9 Å². The molecule has 1 fully saturated rings. The van der Waals surface area contributed by atoms with Crippen LogP contribution >= 0.6 is 0 Å². The van der Waals surface area contributed by atoms with Gasteiger partial charge in [-0.2, -0.15) is 0 Å². The van der Waals surface area contributed by atoms with E-state index in [4.69, 9.17) is 22.9 Å². The van der Waals surface area contributed by atoms with Gasteiger partial charge in [-0.25, -0.2) is 4.79 Å². The Bertz CT molecular complexity index is 1510. The van der Waals surface area contributed by atoms with E-state index in [1.54, 1.807) is 27.7 Å². The lowest BCUT2D eigenvalue weighted by molar-refractivity contribution is -0.150. The number of hydrogen-bond acceptors (Lipinski definition) is 12. The summed E-state index contributed by atoms with van der Waals surface area (Å²) in [6.07, 6.45) is 0.701. The van der Waals surface area contributed by atoms with E-state index in [0.717, 1.165) is 0 Å². The minimum atomic E-state index is -1.64. The highest BCUT2D eigenvalue weighted by atomic mass is 16.4. The molecule has 8 atom stereocenters. The second-order valence-corrected chi connectivity index (χ2v) is 15.3. The SMILES string of the molecule is CC[C@H](C)[C@H](NC(=O)CNC(=O)[C@H](CCCCN)NC(=O)[C@H](CCC(N)=O)NC(=O)[C@H](CC(N)=O)NC(=O)[C@H](CC(C)C)NC(=O)[C@H](C)N)C(=O)N1CCC[C@H]1C(=O)O. The van der Waals surface area contributed by atoms with Crippen molar-refractivity contribution in [2.45, 2.75) is 141 Å². The Kier molecular flexibility index (Phi) is 22.6. The molecule has 59 heavy (non-hydrogen) atoms. The van der Waals surface area contributed by atoms with Crippen molar-refractivity contribution >= 4 is 59.1 Å². The Morgan fingerprint density at radius 2 is 1.29 bits per heavy atom. The average Bonchev–Trinajstić information content (AvgIpc) is 3.66. The number of aliphatic carboxylic acids is 1. The molecule has 1 aliphatic heterocycles. The Labute approximate surface area is 344 Å². The Balaban J connectivity index is 3.23. The van der Waals surface area contributed by atoms with Crippen LogP contribution in [-0.2, 0) is 47.9 Å². The molecular formula is C37H65N11O11. The maximum Gasteiger partial charge on any atom is 0.326 e. The Morgan fingerprint density at radius 1 is 0.729 bits per heavy atom. The summed E-state index contributed by atoms with van der Waals surface area (Å²) in [4.78, 5) is 130.